The fourth-order valence-corrected chi connectivity index (χ4v) is 3.01. The summed E-state index contributed by atoms with van der Waals surface area (Å²) in [5.74, 6) is 0.415. The fraction of sp³-hybridized carbons (Fsp3) is 0.421. The second-order valence-electron chi connectivity index (χ2n) is 6.65. The van der Waals surface area contributed by atoms with Crippen molar-refractivity contribution in [1.29, 1.82) is 0 Å². The predicted molar refractivity (Wildman–Crippen MR) is 97.8 cm³/mol. The Bertz CT molecular complexity index is 674. The molecule has 0 radical (unpaired) electrons. The van der Waals surface area contributed by atoms with Crippen LogP contribution in [0.1, 0.15) is 31.9 Å². The summed E-state index contributed by atoms with van der Waals surface area (Å²) in [6.07, 6.45) is 5.27. The molecule has 6 heteroatoms. The first-order valence-corrected chi connectivity index (χ1v) is 8.71. The van der Waals surface area contributed by atoms with Crippen molar-refractivity contribution < 1.29 is 14.3 Å². The van der Waals surface area contributed by atoms with Crippen molar-refractivity contribution in [2.45, 2.75) is 31.8 Å². The number of hydrogen-bond donors (Lipinski definition) is 3. The van der Waals surface area contributed by atoms with Crippen LogP contribution >= 0.6 is 0 Å². The summed E-state index contributed by atoms with van der Waals surface area (Å²) >= 11 is 0. The van der Waals surface area contributed by atoms with Crippen LogP contribution in [-0.2, 0) is 5.60 Å². The molecule has 3 rings (SSSR count). The Hall–Kier alpha value is -2.47. The van der Waals surface area contributed by atoms with Crippen molar-refractivity contribution in [3.05, 3.63) is 48.4 Å². The number of rotatable bonds is 5. The molecule has 6 nitrogen and oxygen atoms in total. The SMILES string of the molecule is CC(O)(CNC(=O)Nc1ccc(N2CCCCC2)cc1)c1ccco1. The van der Waals surface area contributed by atoms with Gasteiger partial charge in [-0.1, -0.05) is 0 Å². The number of amides is 2. The van der Waals surface area contributed by atoms with Crippen LogP contribution in [0.5, 0.6) is 0 Å². The van der Waals surface area contributed by atoms with E-state index < -0.39 is 5.60 Å². The molecule has 2 amide bonds. The van der Waals surface area contributed by atoms with Crippen molar-refractivity contribution in [2.75, 3.05) is 29.9 Å². The van der Waals surface area contributed by atoms with E-state index >= 15 is 0 Å². The second-order valence-corrected chi connectivity index (χ2v) is 6.65. The Morgan fingerprint density at radius 2 is 1.92 bits per heavy atom. The molecule has 2 heterocycles. The van der Waals surface area contributed by atoms with Gasteiger partial charge in [-0.2, -0.15) is 0 Å². The van der Waals surface area contributed by atoms with E-state index in [1.54, 1.807) is 19.1 Å². The minimum Gasteiger partial charge on any atom is -0.466 e. The molecule has 134 valence electrons. The Morgan fingerprint density at radius 1 is 1.20 bits per heavy atom. The smallest absolute Gasteiger partial charge is 0.319 e. The molecule has 0 spiro atoms. The number of furan rings is 1. The molecule has 0 bridgehead atoms. The van der Waals surface area contributed by atoms with E-state index in [1.807, 2.05) is 24.3 Å². The maximum Gasteiger partial charge on any atom is 0.319 e. The van der Waals surface area contributed by atoms with Gasteiger partial charge in [-0.15, -0.1) is 0 Å². The summed E-state index contributed by atoms with van der Waals surface area (Å²) in [6.45, 7) is 3.84. The summed E-state index contributed by atoms with van der Waals surface area (Å²) in [7, 11) is 0. The summed E-state index contributed by atoms with van der Waals surface area (Å²) in [4.78, 5) is 14.4. The van der Waals surface area contributed by atoms with Gasteiger partial charge in [0.05, 0.1) is 12.8 Å². The van der Waals surface area contributed by atoms with Gasteiger partial charge in [0, 0.05) is 24.5 Å². The maximum absolute atomic E-state index is 12.0. The normalized spacial score (nSPS) is 17.0. The van der Waals surface area contributed by atoms with Gasteiger partial charge in [0.2, 0.25) is 0 Å². The lowest BCUT2D eigenvalue weighted by atomic mass is 10.0. The van der Waals surface area contributed by atoms with Gasteiger partial charge >= 0.3 is 6.03 Å². The Kier molecular flexibility index (Phi) is 5.28. The molecule has 1 atom stereocenters. The van der Waals surface area contributed by atoms with Crippen LogP contribution in [0.15, 0.2) is 47.1 Å². The lowest BCUT2D eigenvalue weighted by molar-refractivity contribution is 0.0372. The average Bonchev–Trinajstić information content (AvgIpc) is 3.17. The van der Waals surface area contributed by atoms with E-state index in [9.17, 15) is 9.90 Å². The Labute approximate surface area is 147 Å². The van der Waals surface area contributed by atoms with E-state index in [1.165, 1.54) is 31.2 Å². The number of anilines is 2. The number of hydrogen-bond acceptors (Lipinski definition) is 4. The van der Waals surface area contributed by atoms with Crippen LogP contribution in [0.3, 0.4) is 0 Å². The van der Waals surface area contributed by atoms with E-state index in [0.717, 1.165) is 18.8 Å². The van der Waals surface area contributed by atoms with Crippen LogP contribution in [0.4, 0.5) is 16.2 Å². The maximum atomic E-state index is 12.0. The topological polar surface area (TPSA) is 77.7 Å². The van der Waals surface area contributed by atoms with Gasteiger partial charge in [-0.3, -0.25) is 0 Å². The Morgan fingerprint density at radius 3 is 2.56 bits per heavy atom. The highest BCUT2D eigenvalue weighted by atomic mass is 16.4. The minimum absolute atomic E-state index is 0.0538. The third-order valence-corrected chi connectivity index (χ3v) is 4.49. The van der Waals surface area contributed by atoms with Crippen LogP contribution in [-0.4, -0.2) is 30.8 Å². The van der Waals surface area contributed by atoms with Gasteiger partial charge < -0.3 is 25.1 Å². The zero-order valence-corrected chi connectivity index (χ0v) is 14.5. The molecule has 1 aliphatic rings. The van der Waals surface area contributed by atoms with Gasteiger partial charge in [-0.05, 0) is 62.6 Å². The molecule has 25 heavy (non-hydrogen) atoms. The van der Waals surface area contributed by atoms with Crippen molar-refractivity contribution in [3.63, 3.8) is 0 Å². The third kappa shape index (κ3) is 4.54. The van der Waals surface area contributed by atoms with Gasteiger partial charge in [-0.25, -0.2) is 4.79 Å². The van der Waals surface area contributed by atoms with E-state index in [-0.39, 0.29) is 12.6 Å². The number of benzene rings is 1. The lowest BCUT2D eigenvalue weighted by Crippen LogP contribution is -2.40. The molecule has 1 saturated heterocycles. The zero-order chi connectivity index (χ0) is 17.7. The highest BCUT2D eigenvalue weighted by Crippen LogP contribution is 2.22. The standard InChI is InChI=1S/C19H25N3O3/c1-19(24,17-6-5-13-25-17)14-20-18(23)21-15-7-9-16(10-8-15)22-11-3-2-4-12-22/h5-10,13,24H,2-4,11-12,14H2,1H3,(H2,20,21,23). The number of carbonyl (C=O) groups is 1. The zero-order valence-electron chi connectivity index (χ0n) is 14.5. The van der Waals surface area contributed by atoms with Gasteiger partial charge in [0.1, 0.15) is 11.4 Å². The average molecular weight is 343 g/mol. The van der Waals surface area contributed by atoms with Crippen molar-refractivity contribution in [2.24, 2.45) is 0 Å². The summed E-state index contributed by atoms with van der Waals surface area (Å²) in [5.41, 5.74) is 0.654. The minimum atomic E-state index is -1.25. The molecule has 1 unspecified atom stereocenters. The number of aliphatic hydroxyl groups is 1. The first-order valence-electron chi connectivity index (χ1n) is 8.71. The second kappa shape index (κ2) is 7.61. The quantitative estimate of drug-likeness (QED) is 0.778. The highest BCUT2D eigenvalue weighted by Gasteiger charge is 2.26. The monoisotopic (exact) mass is 343 g/mol. The molecular formula is C19H25N3O3. The van der Waals surface area contributed by atoms with Crippen LogP contribution in [0.25, 0.3) is 0 Å². The van der Waals surface area contributed by atoms with Crippen molar-refractivity contribution in [1.82, 2.24) is 5.32 Å². The largest absolute Gasteiger partial charge is 0.466 e. The summed E-state index contributed by atoms with van der Waals surface area (Å²) < 4.78 is 5.19. The van der Waals surface area contributed by atoms with Gasteiger partial charge in [0.25, 0.3) is 0 Å². The van der Waals surface area contributed by atoms with E-state index in [4.69, 9.17) is 4.42 Å². The number of carbonyl (C=O) groups excluding carboxylic acids is 1. The van der Waals surface area contributed by atoms with Gasteiger partial charge in [0.15, 0.2) is 0 Å². The molecule has 1 aromatic carbocycles. The molecule has 1 aliphatic heterocycles. The molecule has 0 aliphatic carbocycles. The first-order chi connectivity index (χ1) is 12.0. The molecule has 1 fully saturated rings. The van der Waals surface area contributed by atoms with Crippen molar-refractivity contribution >= 4 is 17.4 Å². The van der Waals surface area contributed by atoms with Crippen molar-refractivity contribution in [3.8, 4) is 0 Å². The predicted octanol–water partition coefficient (Wildman–Crippen LogP) is 3.30. The fourth-order valence-electron chi connectivity index (χ4n) is 3.01. The number of piperidine rings is 1. The Balaban J connectivity index is 1.51. The third-order valence-electron chi connectivity index (χ3n) is 4.49. The van der Waals surface area contributed by atoms with Crippen LogP contribution in [0.2, 0.25) is 0 Å². The molecule has 1 aromatic heterocycles. The highest BCUT2D eigenvalue weighted by molar-refractivity contribution is 5.89. The summed E-state index contributed by atoms with van der Waals surface area (Å²) in [5, 5.41) is 15.8. The van der Waals surface area contributed by atoms with E-state index in [0.29, 0.717) is 5.76 Å². The van der Waals surface area contributed by atoms with Crippen LogP contribution in [0, 0.1) is 0 Å². The number of urea groups is 1. The molecular weight excluding hydrogens is 318 g/mol. The summed E-state index contributed by atoms with van der Waals surface area (Å²) in [6, 6.07) is 10.9. The number of nitrogens with zero attached hydrogens (tertiary/aromatic N) is 1. The molecule has 3 N–H and O–H groups in total. The molecule has 0 saturated carbocycles. The van der Waals surface area contributed by atoms with E-state index in [2.05, 4.69) is 15.5 Å². The van der Waals surface area contributed by atoms with Crippen LogP contribution < -0.4 is 15.5 Å². The number of nitrogens with one attached hydrogen (secondary N) is 2. The molecule has 2 aromatic rings. The lowest BCUT2D eigenvalue weighted by Gasteiger charge is -2.28. The first kappa shape index (κ1) is 17.4.